The third-order valence-electron chi connectivity index (χ3n) is 4.02. The van der Waals surface area contributed by atoms with Gasteiger partial charge in [0.2, 0.25) is 0 Å². The summed E-state index contributed by atoms with van der Waals surface area (Å²) in [6.07, 6.45) is 3.67. The van der Waals surface area contributed by atoms with Gasteiger partial charge in [-0.3, -0.25) is 9.59 Å². The number of hydrogen-bond donors (Lipinski definition) is 2. The van der Waals surface area contributed by atoms with Crippen LogP contribution in [-0.4, -0.2) is 30.8 Å². The minimum atomic E-state index is 0.0105. The maximum atomic E-state index is 12.1. The molecule has 0 spiro atoms. The number of benzene rings is 1. The highest BCUT2D eigenvalue weighted by molar-refractivity contribution is 5.97. The molecular weight excluding hydrogens is 252 g/mol. The Bertz CT molecular complexity index is 499. The van der Waals surface area contributed by atoms with E-state index in [0.717, 1.165) is 6.54 Å². The highest BCUT2D eigenvalue weighted by Crippen LogP contribution is 2.11. The van der Waals surface area contributed by atoms with Crippen LogP contribution in [0, 0.1) is 0 Å². The first-order valence-electron chi connectivity index (χ1n) is 7.31. The van der Waals surface area contributed by atoms with Crippen molar-refractivity contribution in [1.82, 2.24) is 0 Å². The number of ketones is 1. The zero-order valence-electron chi connectivity index (χ0n) is 12.2. The molecule has 1 aliphatic heterocycles. The van der Waals surface area contributed by atoms with Crippen LogP contribution >= 0.6 is 0 Å². The number of amides is 1. The van der Waals surface area contributed by atoms with Crippen molar-refractivity contribution in [3.8, 4) is 0 Å². The molecule has 1 aliphatic rings. The standard InChI is InChI=1S/C16H22N2O2/c1-12-6-3-4-9-18(12)11-16(20)17-15-8-5-7-14(10-15)13(2)19/h5,7-8,10,12H,3-4,6,9,11H2,1-2H3,(H,17,20)/p+1/t12-/m0/s1. The van der Waals surface area contributed by atoms with Crippen molar-refractivity contribution >= 4 is 17.4 Å². The van der Waals surface area contributed by atoms with Crippen molar-refractivity contribution in [3.63, 3.8) is 0 Å². The second-order valence-corrected chi connectivity index (χ2v) is 5.67. The molecule has 0 aromatic heterocycles. The van der Waals surface area contributed by atoms with Crippen molar-refractivity contribution in [3.05, 3.63) is 29.8 Å². The second kappa shape index (κ2) is 6.66. The third kappa shape index (κ3) is 3.90. The number of likely N-dealkylation sites (tertiary alicyclic amines) is 1. The largest absolute Gasteiger partial charge is 0.325 e. The quantitative estimate of drug-likeness (QED) is 0.813. The summed E-state index contributed by atoms with van der Waals surface area (Å²) in [5, 5.41) is 2.89. The van der Waals surface area contributed by atoms with Crippen LogP contribution < -0.4 is 10.2 Å². The maximum Gasteiger partial charge on any atom is 0.279 e. The van der Waals surface area contributed by atoms with E-state index in [1.165, 1.54) is 31.1 Å². The van der Waals surface area contributed by atoms with Gasteiger partial charge in [0.1, 0.15) is 0 Å². The van der Waals surface area contributed by atoms with Crippen LogP contribution in [0.5, 0.6) is 0 Å². The summed E-state index contributed by atoms with van der Waals surface area (Å²) in [5.41, 5.74) is 1.33. The van der Waals surface area contributed by atoms with E-state index < -0.39 is 0 Å². The van der Waals surface area contributed by atoms with Crippen LogP contribution in [0.3, 0.4) is 0 Å². The molecule has 0 saturated carbocycles. The van der Waals surface area contributed by atoms with Gasteiger partial charge in [-0.05, 0) is 45.2 Å². The summed E-state index contributed by atoms with van der Waals surface area (Å²) in [7, 11) is 0. The molecule has 108 valence electrons. The summed E-state index contributed by atoms with van der Waals surface area (Å²) in [5.74, 6) is 0.0332. The fourth-order valence-electron chi connectivity index (χ4n) is 2.74. The van der Waals surface area contributed by atoms with Crippen LogP contribution in [-0.2, 0) is 4.79 Å². The molecule has 1 fully saturated rings. The van der Waals surface area contributed by atoms with Gasteiger partial charge in [-0.15, -0.1) is 0 Å². The number of carbonyl (C=O) groups excluding carboxylic acids is 2. The molecule has 1 heterocycles. The summed E-state index contributed by atoms with van der Waals surface area (Å²) < 4.78 is 0. The molecule has 2 atom stereocenters. The molecule has 4 heteroatoms. The molecule has 0 bridgehead atoms. The molecule has 2 N–H and O–H groups in total. The van der Waals surface area contributed by atoms with Gasteiger partial charge < -0.3 is 10.2 Å². The SMILES string of the molecule is CC(=O)c1cccc(NC(=O)C[NH+]2CCCC[C@@H]2C)c1. The van der Waals surface area contributed by atoms with Crippen molar-refractivity contribution in [2.75, 3.05) is 18.4 Å². The van der Waals surface area contributed by atoms with Crippen molar-refractivity contribution in [1.29, 1.82) is 0 Å². The zero-order valence-corrected chi connectivity index (χ0v) is 12.2. The summed E-state index contributed by atoms with van der Waals surface area (Å²) in [4.78, 5) is 24.8. The average Bonchev–Trinajstić information content (AvgIpc) is 2.41. The Kier molecular flexibility index (Phi) is 4.90. The molecule has 2 rings (SSSR count). The Morgan fingerprint density at radius 3 is 2.85 bits per heavy atom. The third-order valence-corrected chi connectivity index (χ3v) is 4.02. The van der Waals surface area contributed by atoms with Crippen LogP contribution in [0.1, 0.15) is 43.5 Å². The molecule has 1 saturated heterocycles. The number of rotatable bonds is 4. The second-order valence-electron chi connectivity index (χ2n) is 5.67. The normalized spacial score (nSPS) is 22.3. The topological polar surface area (TPSA) is 50.6 Å². The van der Waals surface area contributed by atoms with E-state index in [1.807, 2.05) is 6.07 Å². The van der Waals surface area contributed by atoms with Gasteiger partial charge in [0, 0.05) is 11.3 Å². The zero-order chi connectivity index (χ0) is 14.5. The van der Waals surface area contributed by atoms with Crippen molar-refractivity contribution in [2.24, 2.45) is 0 Å². The van der Waals surface area contributed by atoms with Crippen LogP contribution in [0.4, 0.5) is 5.69 Å². The molecule has 4 nitrogen and oxygen atoms in total. The Morgan fingerprint density at radius 1 is 1.35 bits per heavy atom. The van der Waals surface area contributed by atoms with Crippen LogP contribution in [0.15, 0.2) is 24.3 Å². The van der Waals surface area contributed by atoms with E-state index in [-0.39, 0.29) is 11.7 Å². The van der Waals surface area contributed by atoms with Gasteiger partial charge in [0.25, 0.3) is 5.91 Å². The monoisotopic (exact) mass is 275 g/mol. The minimum Gasteiger partial charge on any atom is -0.325 e. The predicted octanol–water partition coefficient (Wildman–Crippen LogP) is 1.28. The number of piperidine rings is 1. The Hall–Kier alpha value is -1.68. The van der Waals surface area contributed by atoms with E-state index in [0.29, 0.717) is 23.8 Å². The van der Waals surface area contributed by atoms with Gasteiger partial charge in [-0.25, -0.2) is 0 Å². The van der Waals surface area contributed by atoms with Gasteiger partial charge in [0.15, 0.2) is 12.3 Å². The molecule has 1 aromatic rings. The molecule has 0 radical (unpaired) electrons. The number of quaternary nitrogens is 1. The smallest absolute Gasteiger partial charge is 0.279 e. The number of anilines is 1. The lowest BCUT2D eigenvalue weighted by molar-refractivity contribution is -0.920. The van der Waals surface area contributed by atoms with E-state index in [4.69, 9.17) is 0 Å². The number of nitrogens with one attached hydrogen (secondary N) is 2. The first-order valence-corrected chi connectivity index (χ1v) is 7.31. The maximum absolute atomic E-state index is 12.1. The van der Waals surface area contributed by atoms with E-state index in [9.17, 15) is 9.59 Å². The lowest BCUT2D eigenvalue weighted by Gasteiger charge is -2.29. The molecule has 1 unspecified atom stereocenters. The van der Waals surface area contributed by atoms with Gasteiger partial charge in [-0.1, -0.05) is 12.1 Å². The number of Topliss-reactive ketones (excluding diaryl/α,β-unsaturated/α-hetero) is 1. The highest BCUT2D eigenvalue weighted by Gasteiger charge is 2.24. The number of hydrogen-bond acceptors (Lipinski definition) is 2. The summed E-state index contributed by atoms with van der Waals surface area (Å²) in [6.45, 7) is 5.31. The van der Waals surface area contributed by atoms with Gasteiger partial charge in [-0.2, -0.15) is 0 Å². The number of carbonyl (C=O) groups is 2. The first kappa shape index (κ1) is 14.7. The first-order chi connectivity index (χ1) is 9.56. The summed E-state index contributed by atoms with van der Waals surface area (Å²) >= 11 is 0. The lowest BCUT2D eigenvalue weighted by atomic mass is 10.0. The predicted molar refractivity (Wildman–Crippen MR) is 79.1 cm³/mol. The molecule has 1 aromatic carbocycles. The molecular formula is C16H23N2O2+. The van der Waals surface area contributed by atoms with Crippen LogP contribution in [0.25, 0.3) is 0 Å². The fourth-order valence-corrected chi connectivity index (χ4v) is 2.74. The van der Waals surface area contributed by atoms with Crippen LogP contribution in [0.2, 0.25) is 0 Å². The molecule has 20 heavy (non-hydrogen) atoms. The highest BCUT2D eigenvalue weighted by atomic mass is 16.2. The average molecular weight is 275 g/mol. The minimum absolute atomic E-state index is 0.0105. The van der Waals surface area contributed by atoms with Crippen molar-refractivity contribution in [2.45, 2.75) is 39.2 Å². The Morgan fingerprint density at radius 2 is 2.15 bits per heavy atom. The Labute approximate surface area is 120 Å². The van der Waals surface area contributed by atoms with E-state index in [1.54, 1.807) is 18.2 Å². The van der Waals surface area contributed by atoms with Crippen molar-refractivity contribution < 1.29 is 14.5 Å². The summed E-state index contributed by atoms with van der Waals surface area (Å²) in [6, 6.07) is 7.66. The van der Waals surface area contributed by atoms with E-state index in [2.05, 4.69) is 12.2 Å². The lowest BCUT2D eigenvalue weighted by Crippen LogP contribution is -3.17. The fraction of sp³-hybridized carbons (Fsp3) is 0.500. The molecule has 1 amide bonds. The van der Waals surface area contributed by atoms with Gasteiger partial charge >= 0.3 is 0 Å². The Balaban J connectivity index is 1.94. The van der Waals surface area contributed by atoms with E-state index >= 15 is 0 Å². The van der Waals surface area contributed by atoms with Gasteiger partial charge in [0.05, 0.1) is 12.6 Å². The molecule has 0 aliphatic carbocycles.